The van der Waals surface area contributed by atoms with E-state index in [1.807, 2.05) is 26.0 Å². The van der Waals surface area contributed by atoms with Gasteiger partial charge in [0.05, 0.1) is 17.0 Å². The molecule has 2 aromatic carbocycles. The number of carboxylic acids is 1. The Bertz CT molecular complexity index is 1300. The lowest BCUT2D eigenvalue weighted by Crippen LogP contribution is -2.45. The van der Waals surface area contributed by atoms with Gasteiger partial charge >= 0.3 is 5.97 Å². The molecule has 0 amide bonds. The van der Waals surface area contributed by atoms with Gasteiger partial charge in [-0.1, -0.05) is 18.2 Å². The van der Waals surface area contributed by atoms with Crippen molar-refractivity contribution >= 4 is 28.5 Å². The van der Waals surface area contributed by atoms with Crippen LogP contribution in [-0.4, -0.2) is 37.3 Å². The van der Waals surface area contributed by atoms with Crippen molar-refractivity contribution in [2.75, 3.05) is 36.4 Å². The predicted octanol–water partition coefficient (Wildman–Crippen LogP) is 4.94. The summed E-state index contributed by atoms with van der Waals surface area (Å²) in [6.07, 6.45) is 4.65. The molecule has 2 aliphatic rings. The van der Waals surface area contributed by atoms with Gasteiger partial charge in [0.15, 0.2) is 11.3 Å². The van der Waals surface area contributed by atoms with Crippen molar-refractivity contribution in [2.24, 2.45) is 5.41 Å². The molecule has 2 aliphatic heterocycles. The van der Waals surface area contributed by atoms with Crippen molar-refractivity contribution < 1.29 is 14.3 Å². The highest BCUT2D eigenvalue weighted by molar-refractivity contribution is 5.94. The number of aryl methyl sites for hydroxylation is 1. The first-order chi connectivity index (χ1) is 16.8. The molecule has 184 valence electrons. The number of hydrogen-bond acceptors (Lipinski definition) is 6. The van der Waals surface area contributed by atoms with Crippen LogP contribution in [0.2, 0.25) is 0 Å². The Morgan fingerprint density at radius 1 is 1.11 bits per heavy atom. The van der Waals surface area contributed by atoms with Gasteiger partial charge in [0.1, 0.15) is 5.58 Å². The van der Waals surface area contributed by atoms with E-state index in [1.165, 1.54) is 12.8 Å². The minimum Gasteiger partial charge on any atom is -0.478 e. The van der Waals surface area contributed by atoms with Crippen molar-refractivity contribution in [3.05, 3.63) is 69.4 Å². The van der Waals surface area contributed by atoms with Gasteiger partial charge in [-0.2, -0.15) is 0 Å². The highest BCUT2D eigenvalue weighted by Crippen LogP contribution is 2.41. The van der Waals surface area contributed by atoms with E-state index >= 15 is 0 Å². The van der Waals surface area contributed by atoms with Crippen molar-refractivity contribution in [1.29, 1.82) is 0 Å². The second kappa shape index (κ2) is 9.38. The highest BCUT2D eigenvalue weighted by Gasteiger charge is 2.36. The number of carboxylic acid groups (broad SMARTS) is 1. The van der Waals surface area contributed by atoms with Gasteiger partial charge in [0.25, 0.3) is 0 Å². The Morgan fingerprint density at radius 2 is 1.83 bits per heavy atom. The highest BCUT2D eigenvalue weighted by atomic mass is 16.4. The first-order valence-corrected chi connectivity index (χ1v) is 12.5. The summed E-state index contributed by atoms with van der Waals surface area (Å²) in [6, 6.07) is 12.1. The number of rotatable bonds is 5. The Balaban J connectivity index is 1.47. The van der Waals surface area contributed by atoms with Gasteiger partial charge in [-0.3, -0.25) is 4.79 Å². The van der Waals surface area contributed by atoms with Crippen LogP contribution < -0.4 is 21.0 Å². The molecule has 1 unspecified atom stereocenters. The Labute approximate surface area is 205 Å². The molecule has 1 spiro atoms. The largest absolute Gasteiger partial charge is 0.478 e. The zero-order chi connectivity index (χ0) is 24.6. The number of hydrogen-bond donors (Lipinski definition) is 3. The maximum absolute atomic E-state index is 13.2. The average Bonchev–Trinajstić information content (AvgIpc) is 2.85. The first-order valence-electron chi connectivity index (χ1n) is 12.5. The summed E-state index contributed by atoms with van der Waals surface area (Å²) < 4.78 is 6.44. The maximum Gasteiger partial charge on any atom is 0.337 e. The number of aromatic carboxylic acids is 1. The third-order valence-electron chi connectivity index (χ3n) is 7.78. The summed E-state index contributed by atoms with van der Waals surface area (Å²) in [5, 5.41) is 16.9. The molecule has 0 aliphatic carbocycles. The van der Waals surface area contributed by atoms with Crippen molar-refractivity contribution in [3.63, 3.8) is 0 Å². The summed E-state index contributed by atoms with van der Waals surface area (Å²) in [5.41, 5.74) is 3.46. The topological polar surface area (TPSA) is 94.8 Å². The van der Waals surface area contributed by atoms with Gasteiger partial charge in [-0.15, -0.1) is 0 Å². The number of nitrogens with one attached hydrogen (secondary N) is 2. The normalized spacial score (nSPS) is 18.5. The van der Waals surface area contributed by atoms with Crippen molar-refractivity contribution in [1.82, 2.24) is 5.32 Å². The molecule has 3 N–H and O–H groups in total. The summed E-state index contributed by atoms with van der Waals surface area (Å²) >= 11 is 0. The molecule has 2 saturated heterocycles. The quantitative estimate of drug-likeness (QED) is 0.481. The monoisotopic (exact) mass is 475 g/mol. The molecule has 1 aromatic heterocycles. The zero-order valence-corrected chi connectivity index (χ0v) is 20.4. The molecular formula is C28H33N3O4. The van der Waals surface area contributed by atoms with Crippen LogP contribution in [0.25, 0.3) is 11.0 Å². The molecule has 7 nitrogen and oxygen atoms in total. The van der Waals surface area contributed by atoms with Crippen LogP contribution in [0.1, 0.15) is 60.1 Å². The van der Waals surface area contributed by atoms with Gasteiger partial charge in [-0.25, -0.2) is 4.79 Å². The molecule has 1 atom stereocenters. The van der Waals surface area contributed by atoms with E-state index in [2.05, 4.69) is 15.5 Å². The summed E-state index contributed by atoms with van der Waals surface area (Å²) in [6.45, 7) is 7.86. The third kappa shape index (κ3) is 4.65. The molecule has 5 rings (SSSR count). The van der Waals surface area contributed by atoms with Crippen LogP contribution in [0.5, 0.6) is 0 Å². The number of carbonyl (C=O) groups is 1. The minimum atomic E-state index is -0.986. The van der Waals surface area contributed by atoms with Crippen LogP contribution in [0.15, 0.2) is 51.7 Å². The van der Waals surface area contributed by atoms with E-state index in [9.17, 15) is 14.7 Å². The van der Waals surface area contributed by atoms with Crippen LogP contribution in [0.4, 0.5) is 11.6 Å². The molecule has 0 bridgehead atoms. The van der Waals surface area contributed by atoms with Crippen LogP contribution in [0, 0.1) is 12.3 Å². The van der Waals surface area contributed by atoms with E-state index in [1.54, 1.807) is 30.3 Å². The van der Waals surface area contributed by atoms with E-state index < -0.39 is 5.97 Å². The van der Waals surface area contributed by atoms with Gasteiger partial charge in [0.2, 0.25) is 0 Å². The van der Waals surface area contributed by atoms with Crippen LogP contribution in [-0.2, 0) is 0 Å². The Kier molecular flexibility index (Phi) is 6.28. The van der Waals surface area contributed by atoms with E-state index in [-0.39, 0.29) is 17.0 Å². The maximum atomic E-state index is 13.2. The molecule has 3 aromatic rings. The SMILES string of the molecule is Cc1cc(C(C)Nc2ccccc2C(=O)O)c2oc(N3CCC4(CCNCC4)CC3)cc(=O)c2c1. The third-order valence-corrected chi connectivity index (χ3v) is 7.78. The number of benzene rings is 2. The molecule has 0 radical (unpaired) electrons. The fourth-order valence-electron chi connectivity index (χ4n) is 5.66. The molecule has 35 heavy (non-hydrogen) atoms. The van der Waals surface area contributed by atoms with Crippen LogP contribution >= 0.6 is 0 Å². The van der Waals surface area contributed by atoms with E-state index in [0.717, 1.165) is 50.1 Å². The molecule has 0 saturated carbocycles. The number of piperidine rings is 2. The van der Waals surface area contributed by atoms with Gasteiger partial charge in [0, 0.05) is 30.4 Å². The molecule has 2 fully saturated rings. The fraction of sp³-hybridized carbons (Fsp3) is 0.429. The lowest BCUT2D eigenvalue weighted by molar-refractivity contribution is 0.0698. The first kappa shape index (κ1) is 23.4. The van der Waals surface area contributed by atoms with E-state index in [4.69, 9.17) is 4.42 Å². The second-order valence-corrected chi connectivity index (χ2v) is 10.1. The number of nitrogens with zero attached hydrogens (tertiary/aromatic N) is 1. The minimum absolute atomic E-state index is 0.0495. The lowest BCUT2D eigenvalue weighted by Gasteiger charge is -2.44. The smallest absolute Gasteiger partial charge is 0.337 e. The lowest BCUT2D eigenvalue weighted by atomic mass is 9.71. The number of para-hydroxylation sites is 1. The Morgan fingerprint density at radius 3 is 2.54 bits per heavy atom. The number of anilines is 2. The zero-order valence-electron chi connectivity index (χ0n) is 20.4. The van der Waals surface area contributed by atoms with Crippen LogP contribution in [0.3, 0.4) is 0 Å². The predicted molar refractivity (Wildman–Crippen MR) is 139 cm³/mol. The Hall–Kier alpha value is -3.32. The van der Waals surface area contributed by atoms with Crippen molar-refractivity contribution in [3.8, 4) is 0 Å². The summed E-state index contributed by atoms with van der Waals surface area (Å²) in [5.74, 6) is -0.366. The second-order valence-electron chi connectivity index (χ2n) is 10.1. The molecule has 3 heterocycles. The van der Waals surface area contributed by atoms with Gasteiger partial charge < -0.3 is 25.1 Å². The standard InChI is InChI=1S/C28H33N3O4/c1-18-15-21(19(2)30-23-6-4-3-5-20(23)27(33)34)26-22(16-18)24(32)17-25(35-26)31-13-9-28(10-14-31)7-11-29-12-8-28/h3-6,15-17,19,29-30H,7-14H2,1-2H3,(H,33,34). The molecular weight excluding hydrogens is 442 g/mol. The average molecular weight is 476 g/mol. The summed E-state index contributed by atoms with van der Waals surface area (Å²) in [7, 11) is 0. The van der Waals surface area contributed by atoms with E-state index in [0.29, 0.717) is 28.0 Å². The fourth-order valence-corrected chi connectivity index (χ4v) is 5.66. The number of fused-ring (bicyclic) bond motifs is 1. The summed E-state index contributed by atoms with van der Waals surface area (Å²) in [4.78, 5) is 27.1. The van der Waals surface area contributed by atoms with Crippen molar-refractivity contribution in [2.45, 2.75) is 45.6 Å². The van der Waals surface area contributed by atoms with Gasteiger partial charge in [-0.05, 0) is 81.8 Å². The molecule has 7 heteroatoms.